The number of H-pyrrole nitrogens is 1. The Hall–Kier alpha value is -10.2. The minimum Gasteiger partial charge on any atom is -0.508 e. The monoisotopic (exact) mass is 1600 g/mol. The standard InChI is InChI=1S/C85H125N13O16.CH4/c1-14-15-32-61(76(107)89-54(8)74(86)105)48-87-52(6)72(103)73(104)53(7)90-82(113)84(12)41-28-21-19-17-16-18-20-22-29-42-85(13,98-80(111)69(45-58-30-24-23-25-31-58)95-81(112)71(56(10)99)96-79(110)67(44-51(4)5)92-57(11)100)83(114)91-55(9)75(106)94-68(46-59-35-38-63(101)39-36-59)78(109)93-66(47-62-49-88-65-34-27-26-33-64(62)65)70(102)40-37-60(43-50(2)3)77(108)97-84;/h17,19,23-27,30-31,33-36,38-39,49-56,60-61,66-69,71,87-88,99,101H,14-16,18,20-22,28-29,32,37,40-48H2,1-13H3,(H2,86,105)(H,89,107)(H,90,113)(H,91,114)(H,92,100)(H,93,109)(H,94,106)(H,95,112)(H,96,110)(H,97,108)(H,98,111);1H4/b19-17+;/t52?,53?,54?,55?,56-,60+,61-,66+,67+,68+,69+,71+,84+,85-;/m1./s1. The lowest BCUT2D eigenvalue weighted by Gasteiger charge is -2.33. The van der Waals surface area contributed by atoms with Crippen LogP contribution in [0.15, 0.2) is 97.2 Å². The maximum atomic E-state index is 15.2. The van der Waals surface area contributed by atoms with Crippen LogP contribution in [0.2, 0.25) is 0 Å². The summed E-state index contributed by atoms with van der Waals surface area (Å²) in [5.74, 6) is -12.1. The fraction of sp³-hybridized carbons (Fsp3) is 0.581. The van der Waals surface area contributed by atoms with Crippen LogP contribution in [0.4, 0.5) is 0 Å². The quantitative estimate of drug-likeness (QED) is 0.0192. The third kappa shape index (κ3) is 31.9. The van der Waals surface area contributed by atoms with E-state index in [9.17, 15) is 53.4 Å². The lowest BCUT2D eigenvalue weighted by atomic mass is 9.87. The minimum atomic E-state index is -1.82. The van der Waals surface area contributed by atoms with Gasteiger partial charge in [0.05, 0.1) is 30.1 Å². The lowest BCUT2D eigenvalue weighted by Crippen LogP contribution is -2.64. The number of phenols is 1. The maximum absolute atomic E-state index is 15.2. The topological polar surface area (TPSA) is 454 Å². The predicted octanol–water partition coefficient (Wildman–Crippen LogP) is 6.17. The van der Waals surface area contributed by atoms with Crippen LogP contribution >= 0.6 is 0 Å². The molecule has 29 heteroatoms. The van der Waals surface area contributed by atoms with Gasteiger partial charge < -0.3 is 79.4 Å². The van der Waals surface area contributed by atoms with E-state index in [0.29, 0.717) is 74.5 Å². The van der Waals surface area contributed by atoms with Crippen LogP contribution in [0.1, 0.15) is 217 Å². The van der Waals surface area contributed by atoms with Crippen molar-refractivity contribution in [3.05, 3.63) is 114 Å². The van der Waals surface area contributed by atoms with Gasteiger partial charge in [-0.1, -0.05) is 147 Å². The number of aromatic hydroxyl groups is 1. The normalized spacial score (nSPS) is 21.8. The largest absolute Gasteiger partial charge is 0.508 e. The second kappa shape index (κ2) is 47.6. The van der Waals surface area contributed by atoms with Gasteiger partial charge in [0.15, 0.2) is 5.78 Å². The molecule has 4 aromatic rings. The number of aromatic amines is 1. The van der Waals surface area contributed by atoms with Gasteiger partial charge in [0, 0.05) is 62.2 Å². The van der Waals surface area contributed by atoms with E-state index in [4.69, 9.17) is 5.73 Å². The number of nitrogens with two attached hydrogens (primary N) is 1. The van der Waals surface area contributed by atoms with Crippen LogP contribution < -0.4 is 64.2 Å². The number of nitrogens with one attached hydrogen (secondary N) is 12. The van der Waals surface area contributed by atoms with Crippen molar-refractivity contribution in [2.75, 3.05) is 6.54 Å². The number of amides is 11. The van der Waals surface area contributed by atoms with Gasteiger partial charge in [-0.15, -0.1) is 0 Å². The number of aliphatic hydroxyl groups is 1. The van der Waals surface area contributed by atoms with Gasteiger partial charge in [-0.05, 0) is 159 Å². The van der Waals surface area contributed by atoms with E-state index in [2.05, 4.69) is 63.5 Å². The molecule has 3 aromatic carbocycles. The van der Waals surface area contributed by atoms with Crippen LogP contribution in [-0.4, -0.2) is 176 Å². The Labute approximate surface area is 677 Å². The fourth-order valence-corrected chi connectivity index (χ4v) is 13.7. The molecule has 4 unspecified atom stereocenters. The Morgan fingerprint density at radius 2 is 1.26 bits per heavy atom. The number of ketones is 3. The first-order valence-corrected chi connectivity index (χ1v) is 40.2. The SMILES string of the molecule is C.CCCC[C@H](CNC(C)C(=O)C(=O)C(C)NC(=O)[C@]1(C)CCC/C=C/CCCCCC[C@@](C)(NC(=O)[C@H](Cc2ccccc2)NC(=O)[C@@H](NC(=O)[C@H](CC(C)C)NC(C)=O)[C@@H](C)O)C(=O)NC(C)C(=O)N[C@@H](Cc2ccc(O)cc2)C(=O)N[C@@H](Cc2c[nH]c3ccccc23)C(=O)CC[C@@H](CC(C)C)C(=O)N1)C(=O)NC(C)C(N)=O. The average molecular weight is 1600 g/mol. The smallest absolute Gasteiger partial charge is 0.246 e. The van der Waals surface area contributed by atoms with E-state index in [1.807, 2.05) is 71.0 Å². The molecular formula is C86H129N13O16. The first-order chi connectivity index (χ1) is 53.8. The molecule has 16 N–H and O–H groups in total. The summed E-state index contributed by atoms with van der Waals surface area (Å²) in [5.41, 5.74) is 4.34. The van der Waals surface area contributed by atoms with Crippen molar-refractivity contribution in [3.63, 3.8) is 0 Å². The molecule has 5 rings (SSSR count). The number of hydrogen-bond acceptors (Lipinski definition) is 17. The second-order valence-electron chi connectivity index (χ2n) is 31.9. The first kappa shape index (κ1) is 97.2. The number of primary amides is 1. The highest BCUT2D eigenvalue weighted by Crippen LogP contribution is 2.27. The number of carbonyl (C=O) groups excluding carboxylic acids is 14. The summed E-state index contributed by atoms with van der Waals surface area (Å²) in [6.45, 7) is 20.6. The highest BCUT2D eigenvalue weighted by Gasteiger charge is 2.43. The number of phenolic OH excluding ortho intramolecular Hbond substituents is 1. The zero-order valence-corrected chi connectivity index (χ0v) is 68.6. The Balaban J connectivity index is 0.0000278. The van der Waals surface area contributed by atoms with Crippen LogP contribution in [0.3, 0.4) is 0 Å². The molecule has 14 atom stereocenters. The molecule has 115 heavy (non-hydrogen) atoms. The highest BCUT2D eigenvalue weighted by atomic mass is 16.3. The van der Waals surface area contributed by atoms with Crippen LogP contribution in [0.25, 0.3) is 10.9 Å². The first-order valence-electron chi connectivity index (χ1n) is 40.2. The van der Waals surface area contributed by atoms with Crippen molar-refractivity contribution < 1.29 is 77.3 Å². The Morgan fingerprint density at radius 3 is 1.90 bits per heavy atom. The molecule has 1 aliphatic rings. The molecule has 634 valence electrons. The number of Topliss-reactive ketones (excluding diaryl/α,β-unsaturated/α-hetero) is 3. The average Bonchev–Trinajstić information content (AvgIpc) is 1.81. The zero-order valence-electron chi connectivity index (χ0n) is 68.6. The number of aliphatic hydroxyl groups excluding tert-OH is 1. The molecule has 11 amide bonds. The molecule has 0 spiro atoms. The number of benzene rings is 3. The van der Waals surface area contributed by atoms with Crippen molar-refractivity contribution in [1.29, 1.82) is 0 Å². The summed E-state index contributed by atoms with van der Waals surface area (Å²) >= 11 is 0. The van der Waals surface area contributed by atoms with Gasteiger partial charge >= 0.3 is 0 Å². The lowest BCUT2D eigenvalue weighted by molar-refractivity contribution is -0.141. The van der Waals surface area contributed by atoms with E-state index in [1.165, 1.54) is 67.5 Å². The molecule has 0 aliphatic carbocycles. The van der Waals surface area contributed by atoms with Gasteiger partial charge in [0.2, 0.25) is 76.5 Å². The van der Waals surface area contributed by atoms with Crippen LogP contribution in [-0.2, 0) is 86.4 Å². The molecule has 0 saturated carbocycles. The minimum absolute atomic E-state index is 0. The van der Waals surface area contributed by atoms with Crippen molar-refractivity contribution in [3.8, 4) is 5.75 Å². The van der Waals surface area contributed by atoms with E-state index in [-0.39, 0.29) is 89.3 Å². The molecule has 29 nitrogen and oxygen atoms in total. The highest BCUT2D eigenvalue weighted by molar-refractivity contribution is 6.41. The van der Waals surface area contributed by atoms with Gasteiger partial charge in [0.1, 0.15) is 53.1 Å². The molecule has 1 aromatic heterocycles. The summed E-state index contributed by atoms with van der Waals surface area (Å²) < 4.78 is 0. The molecule has 0 radical (unpaired) electrons. The van der Waals surface area contributed by atoms with Crippen LogP contribution in [0.5, 0.6) is 5.75 Å². The van der Waals surface area contributed by atoms with E-state index >= 15 is 24.0 Å². The molecule has 1 aliphatic heterocycles. The number of para-hydroxylation sites is 1. The second-order valence-corrected chi connectivity index (χ2v) is 31.9. The molecule has 0 fully saturated rings. The Morgan fingerprint density at radius 1 is 0.626 bits per heavy atom. The molecule has 2 heterocycles. The summed E-state index contributed by atoms with van der Waals surface area (Å²) in [6.07, 6.45) is 9.39. The number of allylic oxidation sites excluding steroid dienone is 2. The Kier molecular flexibility index (Phi) is 40.3. The van der Waals surface area contributed by atoms with Crippen LogP contribution in [0, 0.1) is 23.7 Å². The number of fused-ring (bicyclic) bond motifs is 1. The maximum Gasteiger partial charge on any atom is 0.246 e. The summed E-state index contributed by atoms with van der Waals surface area (Å²) in [6, 6.07) is 10.2. The third-order valence-electron chi connectivity index (χ3n) is 20.7. The predicted molar refractivity (Wildman–Crippen MR) is 441 cm³/mol. The van der Waals surface area contributed by atoms with Crippen molar-refractivity contribution in [2.24, 2.45) is 29.4 Å². The summed E-state index contributed by atoms with van der Waals surface area (Å²) in [5, 5.41) is 52.6. The van der Waals surface area contributed by atoms with E-state index in [1.54, 1.807) is 48.7 Å². The molecular weight excluding hydrogens is 1470 g/mol. The number of rotatable bonds is 32. The number of aromatic nitrogens is 1. The van der Waals surface area contributed by atoms with E-state index < -0.39 is 166 Å². The van der Waals surface area contributed by atoms with Gasteiger partial charge in [0.25, 0.3) is 0 Å². The molecule has 0 saturated heterocycles. The summed E-state index contributed by atoms with van der Waals surface area (Å²) in [7, 11) is 0. The van der Waals surface area contributed by atoms with E-state index in [0.717, 1.165) is 17.3 Å². The Bertz CT molecular complexity index is 3960. The number of hydrogen-bond donors (Lipinski definition) is 15. The van der Waals surface area contributed by atoms with Crippen molar-refractivity contribution in [2.45, 2.75) is 291 Å². The van der Waals surface area contributed by atoms with Crippen molar-refractivity contribution >= 4 is 93.2 Å². The third-order valence-corrected chi connectivity index (χ3v) is 20.7. The number of carbonyl (C=O) groups is 14. The van der Waals surface area contributed by atoms with Gasteiger partial charge in [-0.2, -0.15) is 0 Å². The number of unbranched alkanes of at least 4 members (excludes halogenated alkanes) is 1. The van der Waals surface area contributed by atoms with Gasteiger partial charge in [-0.25, -0.2) is 0 Å². The molecule has 0 bridgehead atoms. The van der Waals surface area contributed by atoms with Gasteiger partial charge in [-0.3, -0.25) is 67.1 Å². The zero-order chi connectivity index (χ0) is 84.6. The summed E-state index contributed by atoms with van der Waals surface area (Å²) in [4.78, 5) is 201. The van der Waals surface area contributed by atoms with Crippen molar-refractivity contribution in [1.82, 2.24) is 63.5 Å². The fourth-order valence-electron chi connectivity index (χ4n) is 13.7.